The first-order valence-corrected chi connectivity index (χ1v) is 37.4. The number of carbonyl (C=O) groups is 2. The van der Waals surface area contributed by atoms with Gasteiger partial charge in [0.1, 0.15) is 6.61 Å². The average molecular weight is 1220 g/mol. The molecule has 0 aliphatic heterocycles. The van der Waals surface area contributed by atoms with Crippen molar-refractivity contribution in [2.24, 2.45) is 0 Å². The molecule has 5 heteroatoms. The predicted molar refractivity (Wildman–Crippen MR) is 389 cm³/mol. The Kier molecular flexibility index (Phi) is 73.3. The second-order valence-corrected chi connectivity index (χ2v) is 24.6. The summed E-state index contributed by atoms with van der Waals surface area (Å²) in [6.45, 7) is 3.94. The van der Waals surface area contributed by atoms with Gasteiger partial charge in [0.15, 0.2) is 6.10 Å². The van der Waals surface area contributed by atoms with Gasteiger partial charge in [0.2, 0.25) is 0 Å². The lowest BCUT2D eigenvalue weighted by Crippen LogP contribution is -2.28. The lowest BCUT2D eigenvalue weighted by Gasteiger charge is -2.15. The van der Waals surface area contributed by atoms with Crippen LogP contribution in [0.25, 0.3) is 0 Å². The number of carbonyl (C=O) groups excluding carboxylic acids is 2. The van der Waals surface area contributed by atoms with Gasteiger partial charge in [-0.2, -0.15) is 0 Å². The molecular formula is C83H140O5. The molecule has 0 fully saturated rings. The minimum Gasteiger partial charge on any atom is -0.462 e. The fourth-order valence-electron chi connectivity index (χ4n) is 10.6. The Hall–Kier alpha value is -4.22. The van der Waals surface area contributed by atoms with Crippen LogP contribution in [0.3, 0.4) is 0 Å². The molecule has 0 amide bonds. The smallest absolute Gasteiger partial charge is 0.306 e. The lowest BCUT2D eigenvalue weighted by atomic mass is 10.0. The maximum Gasteiger partial charge on any atom is 0.306 e. The van der Waals surface area contributed by atoms with Crippen molar-refractivity contribution in [1.82, 2.24) is 0 Å². The molecule has 0 aromatic rings. The monoisotopic (exact) mass is 1220 g/mol. The van der Waals surface area contributed by atoms with Crippen LogP contribution in [0, 0.1) is 0 Å². The number of aliphatic hydroxyl groups excluding tert-OH is 1. The van der Waals surface area contributed by atoms with E-state index in [2.05, 4.69) is 160 Å². The van der Waals surface area contributed by atoms with Crippen LogP contribution in [0.1, 0.15) is 348 Å². The van der Waals surface area contributed by atoms with E-state index in [0.29, 0.717) is 12.8 Å². The summed E-state index contributed by atoms with van der Waals surface area (Å²) in [5, 5.41) is 9.72. The van der Waals surface area contributed by atoms with Gasteiger partial charge >= 0.3 is 11.9 Å². The van der Waals surface area contributed by atoms with Crippen LogP contribution < -0.4 is 0 Å². The van der Waals surface area contributed by atoms with Crippen molar-refractivity contribution < 1.29 is 24.2 Å². The van der Waals surface area contributed by atoms with E-state index >= 15 is 0 Å². The molecule has 0 aromatic heterocycles. The molecule has 0 saturated heterocycles. The third-order valence-corrected chi connectivity index (χ3v) is 16.1. The quantitative estimate of drug-likeness (QED) is 0.0373. The van der Waals surface area contributed by atoms with Gasteiger partial charge in [-0.1, -0.05) is 365 Å². The molecule has 1 N–H and O–H groups in total. The van der Waals surface area contributed by atoms with Crippen molar-refractivity contribution in [3.8, 4) is 0 Å². The molecule has 88 heavy (non-hydrogen) atoms. The Bertz CT molecular complexity index is 1810. The van der Waals surface area contributed by atoms with Gasteiger partial charge in [-0.25, -0.2) is 0 Å². The van der Waals surface area contributed by atoms with Crippen molar-refractivity contribution in [2.45, 2.75) is 354 Å². The molecule has 502 valence electrons. The number of rotatable bonds is 68. The summed E-state index contributed by atoms with van der Waals surface area (Å²) in [5.41, 5.74) is 0. The topological polar surface area (TPSA) is 72.8 Å². The van der Waals surface area contributed by atoms with Crippen molar-refractivity contribution in [2.75, 3.05) is 13.2 Å². The molecule has 0 aliphatic carbocycles. The zero-order chi connectivity index (χ0) is 63.3. The molecule has 0 spiro atoms. The number of hydrogen-bond acceptors (Lipinski definition) is 5. The summed E-state index contributed by atoms with van der Waals surface area (Å²) in [4.78, 5) is 24.7. The fraction of sp³-hybridized carbons (Fsp3) is 0.687. The molecule has 0 bridgehead atoms. The van der Waals surface area contributed by atoms with Crippen LogP contribution >= 0.6 is 0 Å². The summed E-state index contributed by atoms with van der Waals surface area (Å²) in [6.07, 6.45) is 116. The number of ether oxygens (including phenoxy) is 2. The van der Waals surface area contributed by atoms with Gasteiger partial charge in [-0.3, -0.25) is 9.59 Å². The summed E-state index contributed by atoms with van der Waals surface area (Å²) < 4.78 is 10.8. The number of esters is 2. The first-order chi connectivity index (χ1) is 43.6. The Morgan fingerprint density at radius 1 is 0.261 bits per heavy atom. The summed E-state index contributed by atoms with van der Waals surface area (Å²) in [5.74, 6) is -0.581. The fourth-order valence-corrected chi connectivity index (χ4v) is 10.6. The third kappa shape index (κ3) is 74.2. The molecule has 0 heterocycles. The van der Waals surface area contributed by atoms with Gasteiger partial charge in [0.05, 0.1) is 6.61 Å². The zero-order valence-electron chi connectivity index (χ0n) is 57.7. The van der Waals surface area contributed by atoms with E-state index in [0.717, 1.165) is 116 Å². The van der Waals surface area contributed by atoms with Gasteiger partial charge < -0.3 is 14.6 Å². The number of allylic oxidation sites excluding steroid dienone is 24. The molecule has 1 atom stereocenters. The van der Waals surface area contributed by atoms with E-state index < -0.39 is 6.10 Å². The van der Waals surface area contributed by atoms with Crippen molar-refractivity contribution in [3.63, 3.8) is 0 Å². The predicted octanol–water partition coefficient (Wildman–Crippen LogP) is 26.4. The highest BCUT2D eigenvalue weighted by atomic mass is 16.6. The molecular weight excluding hydrogens is 1080 g/mol. The van der Waals surface area contributed by atoms with Gasteiger partial charge in [0.25, 0.3) is 0 Å². The molecule has 0 aromatic carbocycles. The minimum absolute atomic E-state index is 0.0682. The highest BCUT2D eigenvalue weighted by Crippen LogP contribution is 2.18. The van der Waals surface area contributed by atoms with E-state index in [9.17, 15) is 14.7 Å². The SMILES string of the molecule is CC/C=C\C/C=C\C/C=C\C/C=C\C/C=C\C/C=C\CCCCCCCCCCCCCCCCCCCCCCCCC(=O)OC(CO)COC(=O)CCCCCCCCCCCCCCCC/C=C\C/C=C\C/C=C\C/C=C\C/C=C\C/C=C\CC. The number of hydrogen-bond donors (Lipinski definition) is 1. The van der Waals surface area contributed by atoms with Crippen LogP contribution in [0.15, 0.2) is 146 Å². The van der Waals surface area contributed by atoms with E-state index in [1.165, 1.54) is 205 Å². The Morgan fingerprint density at radius 2 is 0.455 bits per heavy atom. The molecule has 0 radical (unpaired) electrons. The van der Waals surface area contributed by atoms with Gasteiger partial charge in [0, 0.05) is 12.8 Å². The standard InChI is InChI=1S/C83H140O5/c1-3-5-7-9-11-13-15-17-19-21-23-25-27-29-31-33-35-37-38-39-40-41-42-43-44-46-48-50-52-54-56-58-60-62-64-66-68-70-72-74-76-78-83(86)88-81(79-84)80-87-82(85)77-75-73-71-69-67-65-63-61-59-57-55-53-51-49-47-45-36-34-32-30-28-26-24-22-20-18-16-14-12-10-8-6-4-2/h5-8,11-14,17-20,23-26,29-32,35-37,45,81,84H,3-4,9-10,15-16,21-22,27-28,33-34,38-44,46-80H2,1-2H3/b7-5-,8-6-,13-11-,14-12-,19-17-,20-18-,25-23-,26-24-,31-29-,32-30-,37-35-,45-36-. The minimum atomic E-state index is -0.779. The number of aliphatic hydroxyl groups is 1. The van der Waals surface area contributed by atoms with Crippen LogP contribution in [0.4, 0.5) is 0 Å². The first-order valence-electron chi connectivity index (χ1n) is 37.4. The second kappa shape index (κ2) is 77.0. The molecule has 1 unspecified atom stereocenters. The average Bonchev–Trinajstić information content (AvgIpc) is 3.56. The Morgan fingerprint density at radius 3 is 0.682 bits per heavy atom. The highest BCUT2D eigenvalue weighted by Gasteiger charge is 2.16. The first kappa shape index (κ1) is 83.8. The van der Waals surface area contributed by atoms with E-state index in [1.54, 1.807) is 0 Å². The van der Waals surface area contributed by atoms with Gasteiger partial charge in [-0.05, 0) is 116 Å². The van der Waals surface area contributed by atoms with Crippen LogP contribution in [-0.2, 0) is 19.1 Å². The normalized spacial score (nSPS) is 13.1. The Labute approximate surface area is 546 Å². The van der Waals surface area contributed by atoms with Gasteiger partial charge in [-0.15, -0.1) is 0 Å². The maximum absolute atomic E-state index is 12.4. The molecule has 0 rings (SSSR count). The van der Waals surface area contributed by atoms with Crippen molar-refractivity contribution in [1.29, 1.82) is 0 Å². The summed E-state index contributed by atoms with van der Waals surface area (Å²) in [7, 11) is 0. The van der Waals surface area contributed by atoms with Crippen LogP contribution in [0.5, 0.6) is 0 Å². The van der Waals surface area contributed by atoms with E-state index in [4.69, 9.17) is 9.47 Å². The summed E-state index contributed by atoms with van der Waals surface area (Å²) >= 11 is 0. The molecule has 0 saturated carbocycles. The second-order valence-electron chi connectivity index (χ2n) is 24.6. The van der Waals surface area contributed by atoms with Crippen LogP contribution in [0.2, 0.25) is 0 Å². The number of unbranched alkanes of at least 4 members (excludes halogenated alkanes) is 36. The maximum atomic E-state index is 12.4. The zero-order valence-corrected chi connectivity index (χ0v) is 57.7. The lowest BCUT2D eigenvalue weighted by molar-refractivity contribution is -0.161. The molecule has 5 nitrogen and oxygen atoms in total. The van der Waals surface area contributed by atoms with Crippen LogP contribution in [-0.4, -0.2) is 36.4 Å². The highest BCUT2D eigenvalue weighted by molar-refractivity contribution is 5.70. The summed E-state index contributed by atoms with van der Waals surface area (Å²) in [6, 6.07) is 0. The largest absolute Gasteiger partial charge is 0.462 e. The van der Waals surface area contributed by atoms with E-state index in [-0.39, 0.29) is 25.2 Å². The van der Waals surface area contributed by atoms with Crippen molar-refractivity contribution >= 4 is 11.9 Å². The third-order valence-electron chi connectivity index (χ3n) is 16.1. The van der Waals surface area contributed by atoms with E-state index in [1.807, 2.05) is 0 Å². The Balaban J connectivity index is 3.45. The van der Waals surface area contributed by atoms with Crippen molar-refractivity contribution in [3.05, 3.63) is 146 Å². The molecule has 0 aliphatic rings.